The van der Waals surface area contributed by atoms with Crippen LogP contribution in [0.2, 0.25) is 0 Å². The number of hydrogen-bond donors (Lipinski definition) is 1. The predicted molar refractivity (Wildman–Crippen MR) is 96.0 cm³/mol. The Labute approximate surface area is 136 Å². The second-order valence-electron chi connectivity index (χ2n) is 5.39. The van der Waals surface area contributed by atoms with E-state index in [1.165, 1.54) is 12.8 Å². The maximum Gasteiger partial charge on any atom is 0.303 e. The molecule has 0 aromatic heterocycles. The van der Waals surface area contributed by atoms with E-state index >= 15 is 0 Å². The second-order valence-corrected chi connectivity index (χ2v) is 5.39. The van der Waals surface area contributed by atoms with E-state index in [4.69, 9.17) is 5.11 Å². The van der Waals surface area contributed by atoms with Gasteiger partial charge in [0.2, 0.25) is 0 Å². The summed E-state index contributed by atoms with van der Waals surface area (Å²) in [6.45, 7) is 2.04. The highest BCUT2D eigenvalue weighted by atomic mass is 16.4. The van der Waals surface area contributed by atoms with Crippen LogP contribution in [0.25, 0.3) is 0 Å². The van der Waals surface area contributed by atoms with Gasteiger partial charge in [-0.25, -0.2) is 0 Å². The first-order chi connectivity index (χ1) is 10.8. The summed E-state index contributed by atoms with van der Waals surface area (Å²) in [6.07, 6.45) is 27.4. The molecule has 0 amide bonds. The molecule has 124 valence electrons. The average Bonchev–Trinajstić information content (AvgIpc) is 2.50. The van der Waals surface area contributed by atoms with Crippen LogP contribution in [0.1, 0.15) is 71.1 Å². The van der Waals surface area contributed by atoms with E-state index in [0.717, 1.165) is 44.9 Å². The lowest BCUT2D eigenvalue weighted by Crippen LogP contribution is -1.93. The standard InChI is InChI=1S/C20H32O2/c1-2-3-4-5-6-7-8-9-10-11-12-13-14-15-16-17-18-19-20(21)22/h2-3,5-6,8-9,11-12H,4,7,10,13-19H2,1H3,(H,21,22). The fourth-order valence-electron chi connectivity index (χ4n) is 2.04. The van der Waals surface area contributed by atoms with E-state index in [-0.39, 0.29) is 0 Å². The maximum atomic E-state index is 10.3. The van der Waals surface area contributed by atoms with Crippen molar-refractivity contribution in [3.05, 3.63) is 48.6 Å². The van der Waals surface area contributed by atoms with Gasteiger partial charge in [-0.2, -0.15) is 0 Å². The van der Waals surface area contributed by atoms with E-state index in [2.05, 4.69) is 48.6 Å². The highest BCUT2D eigenvalue weighted by molar-refractivity contribution is 5.66. The van der Waals surface area contributed by atoms with Crippen LogP contribution in [0.5, 0.6) is 0 Å². The van der Waals surface area contributed by atoms with Crippen LogP contribution in [0, 0.1) is 0 Å². The number of carbonyl (C=O) groups is 1. The molecule has 22 heavy (non-hydrogen) atoms. The molecular formula is C20H32O2. The van der Waals surface area contributed by atoms with Crippen LogP contribution >= 0.6 is 0 Å². The van der Waals surface area contributed by atoms with Crippen molar-refractivity contribution in [3.8, 4) is 0 Å². The van der Waals surface area contributed by atoms with Gasteiger partial charge in [0.1, 0.15) is 0 Å². The van der Waals surface area contributed by atoms with Gasteiger partial charge in [0.05, 0.1) is 0 Å². The average molecular weight is 304 g/mol. The highest BCUT2D eigenvalue weighted by Crippen LogP contribution is 2.07. The number of hydrogen-bond acceptors (Lipinski definition) is 1. The fourth-order valence-corrected chi connectivity index (χ4v) is 2.04. The van der Waals surface area contributed by atoms with Gasteiger partial charge in [-0.05, 0) is 45.4 Å². The lowest BCUT2D eigenvalue weighted by molar-refractivity contribution is -0.137. The first-order valence-corrected chi connectivity index (χ1v) is 8.55. The molecule has 2 nitrogen and oxygen atoms in total. The highest BCUT2D eigenvalue weighted by Gasteiger charge is 1.95. The van der Waals surface area contributed by atoms with E-state index in [0.29, 0.717) is 6.42 Å². The quantitative estimate of drug-likeness (QED) is 0.305. The van der Waals surface area contributed by atoms with Crippen molar-refractivity contribution < 1.29 is 9.90 Å². The smallest absolute Gasteiger partial charge is 0.303 e. The topological polar surface area (TPSA) is 37.3 Å². The van der Waals surface area contributed by atoms with Gasteiger partial charge >= 0.3 is 5.97 Å². The predicted octanol–water partition coefficient (Wildman–Crippen LogP) is 6.22. The van der Waals surface area contributed by atoms with Gasteiger partial charge in [-0.15, -0.1) is 0 Å². The fraction of sp³-hybridized carbons (Fsp3) is 0.550. The summed E-state index contributed by atoms with van der Waals surface area (Å²) in [5.41, 5.74) is 0. The molecule has 0 aliphatic rings. The molecule has 0 unspecified atom stereocenters. The van der Waals surface area contributed by atoms with Gasteiger partial charge in [-0.1, -0.05) is 67.9 Å². The first-order valence-electron chi connectivity index (χ1n) is 8.55. The van der Waals surface area contributed by atoms with Crippen molar-refractivity contribution in [1.29, 1.82) is 0 Å². The van der Waals surface area contributed by atoms with Gasteiger partial charge in [0.25, 0.3) is 0 Å². The van der Waals surface area contributed by atoms with Crippen LogP contribution in [0.4, 0.5) is 0 Å². The van der Waals surface area contributed by atoms with Gasteiger partial charge in [-0.3, -0.25) is 4.79 Å². The second kappa shape index (κ2) is 17.5. The minimum atomic E-state index is -0.677. The molecule has 0 rings (SSSR count). The Kier molecular flexibility index (Phi) is 16.2. The van der Waals surface area contributed by atoms with Crippen LogP contribution < -0.4 is 0 Å². The molecule has 2 heteroatoms. The first kappa shape index (κ1) is 20.4. The van der Waals surface area contributed by atoms with E-state index in [9.17, 15) is 4.79 Å². The van der Waals surface area contributed by atoms with Crippen molar-refractivity contribution in [1.82, 2.24) is 0 Å². The largest absolute Gasteiger partial charge is 0.481 e. The van der Waals surface area contributed by atoms with Crippen molar-refractivity contribution in [2.75, 3.05) is 0 Å². The maximum absolute atomic E-state index is 10.3. The van der Waals surface area contributed by atoms with E-state index < -0.39 is 5.97 Å². The lowest BCUT2D eigenvalue weighted by atomic mass is 10.1. The number of allylic oxidation sites excluding steroid dienone is 8. The molecule has 0 atom stereocenters. The summed E-state index contributed by atoms with van der Waals surface area (Å²) in [4.78, 5) is 10.3. The Hall–Kier alpha value is -1.57. The Morgan fingerprint density at radius 2 is 1.23 bits per heavy atom. The Bertz CT molecular complexity index is 362. The zero-order valence-electron chi connectivity index (χ0n) is 14.0. The Morgan fingerprint density at radius 3 is 1.82 bits per heavy atom. The normalized spacial score (nSPS) is 12.4. The number of aliphatic carboxylic acids is 1. The molecule has 0 spiro atoms. The Balaban J connectivity index is 3.30. The SMILES string of the molecule is CC=CCC=CCC=CCC=CCCCCCCCC(=O)O. The van der Waals surface area contributed by atoms with Crippen molar-refractivity contribution >= 4 is 5.97 Å². The lowest BCUT2D eigenvalue weighted by Gasteiger charge is -1.98. The molecule has 0 saturated heterocycles. The summed E-state index contributed by atoms with van der Waals surface area (Å²) in [5.74, 6) is -0.677. The van der Waals surface area contributed by atoms with Gasteiger partial charge < -0.3 is 5.11 Å². The van der Waals surface area contributed by atoms with Crippen LogP contribution in [0.3, 0.4) is 0 Å². The van der Waals surface area contributed by atoms with E-state index in [1.807, 2.05) is 6.92 Å². The summed E-state index contributed by atoms with van der Waals surface area (Å²) in [5, 5.41) is 8.52. The number of carboxylic acid groups (broad SMARTS) is 1. The molecule has 0 aliphatic carbocycles. The molecule has 0 aliphatic heterocycles. The van der Waals surface area contributed by atoms with Crippen LogP contribution in [-0.2, 0) is 4.79 Å². The summed E-state index contributed by atoms with van der Waals surface area (Å²) in [6, 6.07) is 0. The third-order valence-electron chi connectivity index (χ3n) is 3.31. The van der Waals surface area contributed by atoms with Gasteiger partial charge in [0.15, 0.2) is 0 Å². The molecule has 0 aromatic rings. The summed E-state index contributed by atoms with van der Waals surface area (Å²) in [7, 11) is 0. The van der Waals surface area contributed by atoms with Crippen LogP contribution in [-0.4, -0.2) is 11.1 Å². The minimum absolute atomic E-state index is 0.316. The molecule has 1 N–H and O–H groups in total. The third kappa shape index (κ3) is 18.4. The molecule has 0 fully saturated rings. The molecule has 0 bridgehead atoms. The molecule has 0 radical (unpaired) electrons. The number of unbranched alkanes of at least 4 members (excludes halogenated alkanes) is 5. The number of rotatable bonds is 14. The third-order valence-corrected chi connectivity index (χ3v) is 3.31. The van der Waals surface area contributed by atoms with Crippen molar-refractivity contribution in [3.63, 3.8) is 0 Å². The zero-order chi connectivity index (χ0) is 16.3. The monoisotopic (exact) mass is 304 g/mol. The van der Waals surface area contributed by atoms with Gasteiger partial charge in [0, 0.05) is 6.42 Å². The van der Waals surface area contributed by atoms with E-state index in [1.54, 1.807) is 0 Å². The van der Waals surface area contributed by atoms with Crippen LogP contribution in [0.15, 0.2) is 48.6 Å². The van der Waals surface area contributed by atoms with Crippen molar-refractivity contribution in [2.45, 2.75) is 71.1 Å². The van der Waals surface area contributed by atoms with Crippen molar-refractivity contribution in [2.24, 2.45) is 0 Å². The molecule has 0 heterocycles. The molecule has 0 aromatic carbocycles. The molecule has 0 saturated carbocycles. The summed E-state index contributed by atoms with van der Waals surface area (Å²) >= 11 is 0. The minimum Gasteiger partial charge on any atom is -0.481 e. The zero-order valence-corrected chi connectivity index (χ0v) is 14.0. The number of carboxylic acids is 1. The summed E-state index contributed by atoms with van der Waals surface area (Å²) < 4.78 is 0. The Morgan fingerprint density at radius 1 is 0.727 bits per heavy atom. The molecular weight excluding hydrogens is 272 g/mol.